The summed E-state index contributed by atoms with van der Waals surface area (Å²) < 4.78 is 30.4. The molecule has 0 aromatic heterocycles. The van der Waals surface area contributed by atoms with Gasteiger partial charge in [-0.15, -0.1) is 0 Å². The first-order chi connectivity index (χ1) is 10.7. The molecule has 0 unspecified atom stereocenters. The van der Waals surface area contributed by atoms with Crippen molar-refractivity contribution in [3.05, 3.63) is 35.3 Å². The monoisotopic (exact) mass is 322 g/mol. The van der Waals surface area contributed by atoms with Crippen LogP contribution in [0.15, 0.2) is 35.3 Å². The molecule has 0 heterocycles. The van der Waals surface area contributed by atoms with Crippen LogP contribution >= 0.6 is 0 Å². The van der Waals surface area contributed by atoms with E-state index in [1.165, 1.54) is 12.2 Å². The van der Waals surface area contributed by atoms with E-state index in [1.54, 1.807) is 6.92 Å². The number of rotatable bonds is 0. The molecule has 0 bridgehead atoms. The molecule has 126 valence electrons. The number of allylic oxidation sites excluding steroid dienone is 4. The minimum absolute atomic E-state index is 0.0425. The van der Waals surface area contributed by atoms with E-state index in [0.29, 0.717) is 32.1 Å². The number of alkyl halides is 2. The second-order valence-electron chi connectivity index (χ2n) is 8.42. The summed E-state index contributed by atoms with van der Waals surface area (Å²) >= 11 is 0. The van der Waals surface area contributed by atoms with Crippen LogP contribution in [0.3, 0.4) is 0 Å². The summed E-state index contributed by atoms with van der Waals surface area (Å²) in [5.74, 6) is -0.652. The number of hydrogen-bond acceptors (Lipinski definition) is 2. The molecule has 6 atom stereocenters. The topological polar surface area (TPSA) is 40.5 Å². The van der Waals surface area contributed by atoms with Crippen molar-refractivity contribution in [2.24, 2.45) is 22.7 Å². The van der Waals surface area contributed by atoms with Crippen molar-refractivity contribution >= 4 is 0 Å². The van der Waals surface area contributed by atoms with E-state index in [2.05, 4.69) is 6.92 Å². The molecule has 0 aromatic carbocycles. The van der Waals surface area contributed by atoms with E-state index in [0.717, 1.165) is 5.57 Å². The molecule has 2 fully saturated rings. The molecule has 4 aliphatic carbocycles. The lowest BCUT2D eigenvalue weighted by Gasteiger charge is -2.58. The van der Waals surface area contributed by atoms with E-state index in [1.807, 2.05) is 6.08 Å². The molecular weight excluding hydrogens is 298 g/mol. The molecule has 0 saturated heterocycles. The highest BCUT2D eigenvalue weighted by Gasteiger charge is 2.65. The van der Waals surface area contributed by atoms with Gasteiger partial charge in [-0.2, -0.15) is 0 Å². The molecule has 0 amide bonds. The van der Waals surface area contributed by atoms with Crippen LogP contribution in [0, 0.1) is 22.7 Å². The molecule has 2 nitrogen and oxygen atoms in total. The van der Waals surface area contributed by atoms with Crippen molar-refractivity contribution < 1.29 is 19.0 Å². The van der Waals surface area contributed by atoms with Gasteiger partial charge in [0.25, 0.3) is 0 Å². The van der Waals surface area contributed by atoms with Gasteiger partial charge in [-0.3, -0.25) is 0 Å². The number of halogens is 2. The Labute approximate surface area is 135 Å². The van der Waals surface area contributed by atoms with E-state index >= 15 is 4.39 Å². The van der Waals surface area contributed by atoms with E-state index in [-0.39, 0.29) is 28.8 Å². The van der Waals surface area contributed by atoms with Crippen LogP contribution in [-0.2, 0) is 0 Å². The largest absolute Gasteiger partial charge is 0.504 e. The van der Waals surface area contributed by atoms with Crippen molar-refractivity contribution in [1.29, 1.82) is 0 Å². The average molecular weight is 322 g/mol. The molecule has 23 heavy (non-hydrogen) atoms. The smallest absolute Gasteiger partial charge is 0.157 e. The molecule has 4 rings (SSSR count). The molecule has 4 heteroatoms. The standard InChI is InChI=1S/C19H24F2O2/c1-17-5-6-19(21)13(14(17)8-12(20)9-17)4-3-11-7-15(22)16(23)10-18(11,19)2/h3,7,10,12-14,22-23H,4-6,8-9H2,1-2H3/t12-,13+,14+,17-,18+,19+/m1/s1. The zero-order chi connectivity index (χ0) is 16.6. The average Bonchev–Trinajstić information content (AvgIpc) is 2.77. The SMILES string of the molecule is C[C@]12CC[C@]3(F)[C@@H](CC=C4C=C(O)C(O)=C[C@@]43C)[C@@H]1C[C@@H](F)C2. The fourth-order valence-corrected chi connectivity index (χ4v) is 5.89. The Kier molecular flexibility index (Phi) is 2.91. The molecular formula is C19H24F2O2. The maximum atomic E-state index is 16.3. The van der Waals surface area contributed by atoms with Gasteiger partial charge >= 0.3 is 0 Å². The summed E-state index contributed by atoms with van der Waals surface area (Å²) in [6.45, 7) is 3.91. The summed E-state index contributed by atoms with van der Waals surface area (Å²) in [6.07, 6.45) is 6.71. The van der Waals surface area contributed by atoms with Crippen molar-refractivity contribution in [2.45, 2.75) is 57.8 Å². The second kappa shape index (κ2) is 4.40. The highest BCUT2D eigenvalue weighted by molar-refractivity contribution is 5.48. The summed E-state index contributed by atoms with van der Waals surface area (Å²) in [7, 11) is 0. The van der Waals surface area contributed by atoms with Crippen molar-refractivity contribution in [3.8, 4) is 0 Å². The van der Waals surface area contributed by atoms with Crippen molar-refractivity contribution in [3.63, 3.8) is 0 Å². The van der Waals surface area contributed by atoms with Gasteiger partial charge in [0.1, 0.15) is 11.8 Å². The quantitative estimate of drug-likeness (QED) is 0.652. The van der Waals surface area contributed by atoms with Crippen molar-refractivity contribution in [2.75, 3.05) is 0 Å². The molecule has 0 spiro atoms. The van der Waals surface area contributed by atoms with Crippen molar-refractivity contribution in [1.82, 2.24) is 0 Å². The van der Waals surface area contributed by atoms with Crippen LogP contribution < -0.4 is 0 Å². The number of fused-ring (bicyclic) bond motifs is 5. The molecule has 2 saturated carbocycles. The van der Waals surface area contributed by atoms with Gasteiger partial charge in [0.05, 0.1) is 0 Å². The van der Waals surface area contributed by atoms with Crippen LogP contribution in [0.4, 0.5) is 8.78 Å². The van der Waals surface area contributed by atoms with E-state index < -0.39 is 17.3 Å². The fourth-order valence-electron chi connectivity index (χ4n) is 5.89. The Morgan fingerprint density at radius 1 is 1.13 bits per heavy atom. The summed E-state index contributed by atoms with van der Waals surface area (Å²) in [5.41, 5.74) is -1.84. The van der Waals surface area contributed by atoms with Crippen LogP contribution in [0.1, 0.15) is 46.0 Å². The lowest BCUT2D eigenvalue weighted by molar-refractivity contribution is -0.106. The van der Waals surface area contributed by atoms with Crippen LogP contribution in [0.5, 0.6) is 0 Å². The van der Waals surface area contributed by atoms with E-state index in [9.17, 15) is 14.6 Å². The Morgan fingerprint density at radius 3 is 2.61 bits per heavy atom. The molecule has 0 aromatic rings. The predicted octanol–water partition coefficient (Wildman–Crippen LogP) is 5.09. The van der Waals surface area contributed by atoms with Crippen LogP contribution in [0.25, 0.3) is 0 Å². The second-order valence-corrected chi connectivity index (χ2v) is 8.42. The lowest BCUT2D eigenvalue weighted by Crippen LogP contribution is -2.58. The molecule has 0 aliphatic heterocycles. The normalized spacial score (nSPS) is 51.8. The van der Waals surface area contributed by atoms with Gasteiger partial charge in [-0.1, -0.05) is 13.0 Å². The third-order valence-corrected chi connectivity index (χ3v) is 7.26. The van der Waals surface area contributed by atoms with Gasteiger partial charge in [-0.05, 0) is 68.1 Å². The molecule has 2 N–H and O–H groups in total. The summed E-state index contributed by atoms with van der Waals surface area (Å²) in [4.78, 5) is 0. The first kappa shape index (κ1) is 15.2. The minimum Gasteiger partial charge on any atom is -0.504 e. The van der Waals surface area contributed by atoms with Gasteiger partial charge in [0.2, 0.25) is 0 Å². The summed E-state index contributed by atoms with van der Waals surface area (Å²) in [5, 5.41) is 19.7. The first-order valence-electron chi connectivity index (χ1n) is 8.56. The number of aliphatic hydroxyl groups excluding tert-OH is 2. The lowest BCUT2D eigenvalue weighted by atomic mass is 9.48. The van der Waals surface area contributed by atoms with Gasteiger partial charge < -0.3 is 10.2 Å². The summed E-state index contributed by atoms with van der Waals surface area (Å²) in [6, 6.07) is 0. The highest BCUT2D eigenvalue weighted by Crippen LogP contribution is 2.67. The minimum atomic E-state index is -1.50. The van der Waals surface area contributed by atoms with Gasteiger partial charge in [0, 0.05) is 11.3 Å². The van der Waals surface area contributed by atoms with Crippen LogP contribution in [-0.4, -0.2) is 22.1 Å². The zero-order valence-electron chi connectivity index (χ0n) is 13.6. The fraction of sp³-hybridized carbons (Fsp3) is 0.684. The first-order valence-corrected chi connectivity index (χ1v) is 8.56. The van der Waals surface area contributed by atoms with Gasteiger partial charge in [0.15, 0.2) is 11.5 Å². The Morgan fingerprint density at radius 2 is 1.87 bits per heavy atom. The number of hydrogen-bond donors (Lipinski definition) is 2. The maximum Gasteiger partial charge on any atom is 0.157 e. The van der Waals surface area contributed by atoms with E-state index in [4.69, 9.17) is 0 Å². The molecule has 4 aliphatic rings. The highest BCUT2D eigenvalue weighted by atomic mass is 19.1. The Bertz CT molecular complexity index is 652. The molecule has 0 radical (unpaired) electrons. The zero-order valence-corrected chi connectivity index (χ0v) is 13.6. The third-order valence-electron chi connectivity index (χ3n) is 7.26. The van der Waals surface area contributed by atoms with Crippen LogP contribution in [0.2, 0.25) is 0 Å². The van der Waals surface area contributed by atoms with Gasteiger partial charge in [-0.25, -0.2) is 8.78 Å². The third kappa shape index (κ3) is 1.78. The Balaban J connectivity index is 1.82. The Hall–Kier alpha value is -1.32. The predicted molar refractivity (Wildman–Crippen MR) is 84.5 cm³/mol. The number of aliphatic hydroxyl groups is 2. The maximum absolute atomic E-state index is 16.3.